The molecule has 0 fully saturated rings. The van der Waals surface area contributed by atoms with Gasteiger partial charge in [-0.3, -0.25) is 0 Å². The smallest absolute Gasteiger partial charge is 0.338 e. The average Bonchev–Trinajstić information content (AvgIpc) is 2.69. The summed E-state index contributed by atoms with van der Waals surface area (Å²) in [5.41, 5.74) is -3.75. The van der Waals surface area contributed by atoms with E-state index >= 15 is 0 Å². The summed E-state index contributed by atoms with van der Waals surface area (Å²) in [5.74, 6) is 0. The highest BCUT2D eigenvalue weighted by molar-refractivity contribution is 8.04. The first-order chi connectivity index (χ1) is 14.6. The maximum atomic E-state index is 13.2. The van der Waals surface area contributed by atoms with E-state index in [4.69, 9.17) is 11.6 Å². The van der Waals surface area contributed by atoms with E-state index in [-0.39, 0.29) is 21.0 Å². The van der Waals surface area contributed by atoms with E-state index in [1.165, 1.54) is 24.5 Å². The van der Waals surface area contributed by atoms with Crippen LogP contribution in [0.15, 0.2) is 57.3 Å². The van der Waals surface area contributed by atoms with Gasteiger partial charge in [0.2, 0.25) is 9.84 Å². The molecular weight excluding hydrogens is 502 g/mol. The molecule has 0 radical (unpaired) electrons. The third-order valence-corrected chi connectivity index (χ3v) is 7.11. The fourth-order valence-electron chi connectivity index (χ4n) is 2.59. The maximum Gasteiger partial charge on any atom is 0.416 e. The molecule has 0 atom stereocenters. The van der Waals surface area contributed by atoms with Gasteiger partial charge in [0.1, 0.15) is 11.1 Å². The van der Waals surface area contributed by atoms with E-state index in [2.05, 4.69) is 0 Å². The summed E-state index contributed by atoms with van der Waals surface area (Å²) in [4.78, 5) is -0.375. The van der Waals surface area contributed by atoms with Crippen molar-refractivity contribution in [1.82, 2.24) is 0 Å². The summed E-state index contributed by atoms with van der Waals surface area (Å²) < 4.78 is 105. The number of anilines is 1. The number of benzene rings is 2. The lowest BCUT2D eigenvalue weighted by molar-refractivity contribution is -0.143. The van der Waals surface area contributed by atoms with Crippen LogP contribution < -0.4 is 4.90 Å². The van der Waals surface area contributed by atoms with Crippen LogP contribution in [-0.2, 0) is 22.2 Å². The molecule has 0 N–H and O–H groups in total. The van der Waals surface area contributed by atoms with Crippen LogP contribution in [-0.4, -0.2) is 21.7 Å². The van der Waals surface area contributed by atoms with Crippen molar-refractivity contribution in [1.29, 1.82) is 5.26 Å². The Kier molecular flexibility index (Phi) is 7.48. The number of nitrogens with zero attached hydrogens (tertiary/aromatic N) is 2. The van der Waals surface area contributed by atoms with E-state index in [9.17, 15) is 40.0 Å². The number of thioether (sulfide) groups is 1. The van der Waals surface area contributed by atoms with Crippen LogP contribution in [0.5, 0.6) is 0 Å². The highest BCUT2D eigenvalue weighted by atomic mass is 35.5. The zero-order chi connectivity index (χ0) is 24.5. The molecule has 0 aliphatic rings. The molecule has 13 heteroatoms. The zero-order valence-electron chi connectivity index (χ0n) is 16.2. The molecule has 0 aromatic heterocycles. The lowest BCUT2D eigenvalue weighted by atomic mass is 10.1. The van der Waals surface area contributed by atoms with Gasteiger partial charge < -0.3 is 4.90 Å². The number of hydrogen-bond donors (Lipinski definition) is 0. The first-order valence-electron chi connectivity index (χ1n) is 8.35. The lowest BCUT2D eigenvalue weighted by Crippen LogP contribution is -2.21. The molecule has 2 aromatic carbocycles. The molecule has 0 aliphatic heterocycles. The Labute approximate surface area is 189 Å². The normalized spacial score (nSPS) is 13.4. The van der Waals surface area contributed by atoms with Gasteiger partial charge in [-0.05, 0) is 48.7 Å². The summed E-state index contributed by atoms with van der Waals surface area (Å²) in [6.07, 6.45) is -8.85. The Morgan fingerprint density at radius 3 is 1.84 bits per heavy atom. The van der Waals surface area contributed by atoms with Crippen LogP contribution in [0.4, 0.5) is 32.0 Å². The number of rotatable bonds is 5. The minimum absolute atomic E-state index is 0.0462. The minimum atomic E-state index is -5.09. The Morgan fingerprint density at radius 2 is 1.47 bits per heavy atom. The molecule has 172 valence electrons. The second-order valence-electron chi connectivity index (χ2n) is 6.23. The second kappa shape index (κ2) is 9.25. The molecule has 0 saturated heterocycles. The van der Waals surface area contributed by atoms with E-state index in [1.54, 1.807) is 0 Å². The number of sulfone groups is 1. The maximum absolute atomic E-state index is 13.2. The SMILES string of the molecule is CSC(=C(C#N)S(=O)(=O)c1ccc(Cl)cc1)N(C)c1cc(C(F)(F)F)cc(C(F)(F)F)c1. The standard InChI is InChI=1S/C19H13ClF6N2O2S2/c1-28(14-8-11(18(21,22)23)7-12(9-14)19(24,25)26)17(31-2)16(10-27)32(29,30)15-5-3-13(20)4-6-15/h3-9H,1-2H3. The summed E-state index contributed by atoms with van der Waals surface area (Å²) in [6.45, 7) is 0. The highest BCUT2D eigenvalue weighted by Crippen LogP contribution is 2.40. The number of halogens is 7. The van der Waals surface area contributed by atoms with Gasteiger partial charge in [-0.25, -0.2) is 8.42 Å². The molecule has 0 aliphatic carbocycles. The van der Waals surface area contributed by atoms with Crippen molar-refractivity contribution in [2.24, 2.45) is 0 Å². The van der Waals surface area contributed by atoms with E-state index in [0.717, 1.165) is 24.1 Å². The van der Waals surface area contributed by atoms with Crippen LogP contribution in [0.2, 0.25) is 5.02 Å². The number of alkyl halides is 6. The van der Waals surface area contributed by atoms with E-state index in [0.29, 0.717) is 23.9 Å². The molecule has 0 heterocycles. The average molecular weight is 515 g/mol. The quantitative estimate of drug-likeness (QED) is 0.344. The van der Waals surface area contributed by atoms with Crippen molar-refractivity contribution < 1.29 is 34.8 Å². The summed E-state index contributed by atoms with van der Waals surface area (Å²) in [5, 5.41) is 9.38. The highest BCUT2D eigenvalue weighted by Gasteiger charge is 2.38. The van der Waals surface area contributed by atoms with Gasteiger partial charge in [-0.1, -0.05) is 11.6 Å². The van der Waals surface area contributed by atoms with Gasteiger partial charge in [0.05, 0.1) is 16.0 Å². The Balaban J connectivity index is 2.74. The first-order valence-corrected chi connectivity index (χ1v) is 11.4. The van der Waals surface area contributed by atoms with Gasteiger partial charge in [-0.15, -0.1) is 11.8 Å². The first kappa shape index (κ1) is 25.9. The number of hydrogen-bond acceptors (Lipinski definition) is 5. The van der Waals surface area contributed by atoms with Crippen molar-refractivity contribution in [2.45, 2.75) is 17.2 Å². The molecule has 2 aromatic rings. The van der Waals surface area contributed by atoms with Crippen molar-refractivity contribution in [2.75, 3.05) is 18.2 Å². The fourth-order valence-corrected chi connectivity index (χ4v) is 5.12. The molecule has 0 unspecified atom stereocenters. The van der Waals surface area contributed by atoms with Crippen LogP contribution in [0.25, 0.3) is 0 Å². The molecule has 4 nitrogen and oxygen atoms in total. The minimum Gasteiger partial charge on any atom is -0.338 e. The van der Waals surface area contributed by atoms with Crippen molar-refractivity contribution in [3.63, 3.8) is 0 Å². The van der Waals surface area contributed by atoms with E-state index in [1.807, 2.05) is 0 Å². The molecule has 0 saturated carbocycles. The topological polar surface area (TPSA) is 61.2 Å². The predicted molar refractivity (Wildman–Crippen MR) is 110 cm³/mol. The van der Waals surface area contributed by atoms with Crippen LogP contribution in [0, 0.1) is 11.3 Å². The molecule has 0 spiro atoms. The largest absolute Gasteiger partial charge is 0.416 e. The lowest BCUT2D eigenvalue weighted by Gasteiger charge is -2.25. The van der Waals surface area contributed by atoms with Crippen molar-refractivity contribution in [3.8, 4) is 6.07 Å². The molecule has 0 bridgehead atoms. The molecular formula is C19H13ClF6N2O2S2. The van der Waals surface area contributed by atoms with Gasteiger partial charge >= 0.3 is 12.4 Å². The van der Waals surface area contributed by atoms with Gasteiger partial charge in [0.25, 0.3) is 0 Å². The van der Waals surface area contributed by atoms with Gasteiger partial charge in [0.15, 0.2) is 4.91 Å². The summed E-state index contributed by atoms with van der Waals surface area (Å²) in [7, 11) is -3.39. The predicted octanol–water partition coefficient (Wildman–Crippen LogP) is 6.34. The van der Waals surface area contributed by atoms with Crippen LogP contribution >= 0.6 is 23.4 Å². The van der Waals surface area contributed by atoms with Crippen molar-refractivity contribution in [3.05, 3.63) is 68.5 Å². The molecule has 2 rings (SSSR count). The Morgan fingerprint density at radius 1 is 1.00 bits per heavy atom. The Hall–Kier alpha value is -2.36. The molecule has 0 amide bonds. The summed E-state index contributed by atoms with van der Waals surface area (Å²) in [6, 6.07) is 7.10. The monoisotopic (exact) mass is 514 g/mol. The summed E-state index contributed by atoms with van der Waals surface area (Å²) >= 11 is 6.40. The third-order valence-electron chi connectivity index (χ3n) is 4.15. The van der Waals surface area contributed by atoms with Gasteiger partial charge in [0, 0.05) is 17.8 Å². The third kappa shape index (κ3) is 5.51. The Bertz CT molecular complexity index is 1150. The van der Waals surface area contributed by atoms with Gasteiger partial charge in [-0.2, -0.15) is 31.6 Å². The fraction of sp³-hybridized carbons (Fsp3) is 0.211. The second-order valence-corrected chi connectivity index (χ2v) is 9.35. The van der Waals surface area contributed by atoms with E-state index < -0.39 is 43.9 Å². The number of nitriles is 1. The van der Waals surface area contributed by atoms with Crippen LogP contribution in [0.3, 0.4) is 0 Å². The number of allylic oxidation sites excluding steroid dienone is 1. The van der Waals surface area contributed by atoms with Crippen LogP contribution in [0.1, 0.15) is 11.1 Å². The van der Waals surface area contributed by atoms with Crippen molar-refractivity contribution >= 4 is 38.9 Å². The molecule has 32 heavy (non-hydrogen) atoms. The zero-order valence-corrected chi connectivity index (χ0v) is 18.6.